The Balaban J connectivity index is 1.13. The molecule has 12 N–H and O–H groups in total. The van der Waals surface area contributed by atoms with Gasteiger partial charge in [-0.05, 0) is 25.7 Å². The largest absolute Gasteiger partial charge is 0.394 e. The van der Waals surface area contributed by atoms with Gasteiger partial charge in [-0.15, -0.1) is 0 Å². The van der Waals surface area contributed by atoms with Gasteiger partial charge < -0.3 is 62.2 Å². The lowest BCUT2D eigenvalue weighted by molar-refractivity contribution is -0.0518. The molecule has 2 saturated heterocycles. The number of carbonyl (C=O) groups excluding carboxylic acids is 2. The molecule has 2 aromatic heterocycles. The second-order valence-corrected chi connectivity index (χ2v) is 10.7. The van der Waals surface area contributed by atoms with E-state index >= 15 is 0 Å². The van der Waals surface area contributed by atoms with Gasteiger partial charge in [-0.2, -0.15) is 0 Å². The Morgan fingerprint density at radius 1 is 0.738 bits per heavy atom. The van der Waals surface area contributed by atoms with Crippen LogP contribution < -0.4 is 22.1 Å². The van der Waals surface area contributed by atoms with Gasteiger partial charge in [0.15, 0.2) is 23.8 Å². The van der Waals surface area contributed by atoms with E-state index in [9.17, 15) is 40.2 Å². The highest BCUT2D eigenvalue weighted by molar-refractivity contribution is 5.97. The highest BCUT2D eigenvalue weighted by Crippen LogP contribution is 2.33. The molecule has 42 heavy (non-hydrogen) atoms. The molecule has 0 radical (unpaired) electrons. The molecule has 3 fully saturated rings. The first-order valence-electron chi connectivity index (χ1n) is 13.6. The lowest BCUT2D eigenvalue weighted by Gasteiger charge is -2.29. The first-order valence-corrected chi connectivity index (χ1v) is 13.6. The van der Waals surface area contributed by atoms with Crippen LogP contribution in [0.25, 0.3) is 0 Å². The van der Waals surface area contributed by atoms with Crippen LogP contribution in [0, 0.1) is 0 Å². The summed E-state index contributed by atoms with van der Waals surface area (Å²) in [6.45, 7) is -1.01. The van der Waals surface area contributed by atoms with E-state index in [1.165, 1.54) is 21.8 Å². The fourth-order valence-electron chi connectivity index (χ4n) is 5.61. The highest BCUT2D eigenvalue weighted by atomic mass is 16.6. The summed E-state index contributed by atoms with van der Waals surface area (Å²) in [5, 5.41) is 64.8. The van der Waals surface area contributed by atoms with E-state index in [-0.39, 0.29) is 35.1 Å². The molecule has 2 amide bonds. The van der Waals surface area contributed by atoms with E-state index in [1.54, 1.807) is 0 Å². The minimum atomic E-state index is -1.38. The summed E-state index contributed by atoms with van der Waals surface area (Å²) >= 11 is 0. The summed E-state index contributed by atoms with van der Waals surface area (Å²) in [7, 11) is 0. The van der Waals surface area contributed by atoms with E-state index in [1.807, 2.05) is 0 Å². The van der Waals surface area contributed by atoms with Gasteiger partial charge in [0.25, 0.3) is 11.8 Å². The first kappa shape index (κ1) is 30.1. The van der Waals surface area contributed by atoms with Gasteiger partial charge in [0.1, 0.15) is 48.3 Å². The van der Waals surface area contributed by atoms with Gasteiger partial charge >= 0.3 is 0 Å². The molecule has 18 heteroatoms. The topological polar surface area (TPSA) is 286 Å². The Morgan fingerprint density at radius 2 is 1.10 bits per heavy atom. The molecule has 2 aromatic rings. The number of hydrogen-bond acceptors (Lipinski definition) is 14. The second kappa shape index (κ2) is 12.1. The van der Waals surface area contributed by atoms with Crippen LogP contribution in [0.2, 0.25) is 0 Å². The van der Waals surface area contributed by atoms with Crippen molar-refractivity contribution in [2.75, 3.05) is 24.7 Å². The average molecular weight is 597 g/mol. The van der Waals surface area contributed by atoms with Crippen molar-refractivity contribution in [2.24, 2.45) is 0 Å². The molecule has 5 rings (SSSR count). The molecule has 0 spiro atoms. The third-order valence-corrected chi connectivity index (χ3v) is 8.07. The standard InChI is InChI=1S/C24H36N8O10/c25-19-13(27-7-31(19)23-17(37)15(35)11(5-33)41-23)21(39)29-9-1-2-10(4-3-9)30-22(40)14-20(26)32(8-28-14)24-18(38)16(36)12(6-34)42-24/h7-12,15-18,23-24,33-38H,1-6,25-26H2,(H,29,39)(H,30,40)/t9?,10?,11-,12-,15-,16-,17-,18-,23-,24-/m1/s1. The summed E-state index contributed by atoms with van der Waals surface area (Å²) in [4.78, 5) is 33.9. The number of hydrogen-bond donors (Lipinski definition) is 10. The number of anilines is 2. The van der Waals surface area contributed by atoms with Crippen LogP contribution in [0.4, 0.5) is 11.6 Å². The van der Waals surface area contributed by atoms with Crippen molar-refractivity contribution < 1.29 is 49.7 Å². The fraction of sp³-hybridized carbons (Fsp3) is 0.667. The Bertz CT molecular complexity index is 1180. The first-order chi connectivity index (χ1) is 20.0. The summed E-state index contributed by atoms with van der Waals surface area (Å²) in [5.74, 6) is -1.21. The SMILES string of the molecule is Nc1c(C(=O)NC2CCC(NC(=O)c3ncn([C@@H]4O[C@H](CO)[C@@H](O)[C@H]4O)c3N)CC2)ncn1[C@@H]1O[C@H](CO)[C@@H](O)[C@H]1O. The van der Waals surface area contributed by atoms with Crippen LogP contribution in [0.1, 0.15) is 59.1 Å². The van der Waals surface area contributed by atoms with Gasteiger partial charge in [0.2, 0.25) is 0 Å². The molecule has 1 aliphatic carbocycles. The van der Waals surface area contributed by atoms with Gasteiger partial charge in [-0.1, -0.05) is 0 Å². The number of nitrogens with zero attached hydrogens (tertiary/aromatic N) is 4. The predicted octanol–water partition coefficient (Wildman–Crippen LogP) is -4.06. The minimum absolute atomic E-state index is 0.0720. The van der Waals surface area contributed by atoms with Crippen LogP contribution in [0.3, 0.4) is 0 Å². The monoisotopic (exact) mass is 596 g/mol. The van der Waals surface area contributed by atoms with Gasteiger partial charge in [0.05, 0.1) is 25.9 Å². The van der Waals surface area contributed by atoms with Crippen LogP contribution in [0.15, 0.2) is 12.7 Å². The molecular weight excluding hydrogens is 560 g/mol. The number of imidazole rings is 2. The zero-order valence-electron chi connectivity index (χ0n) is 22.4. The van der Waals surface area contributed by atoms with Crippen LogP contribution in [0.5, 0.6) is 0 Å². The van der Waals surface area contributed by atoms with Crippen molar-refractivity contribution in [3.63, 3.8) is 0 Å². The number of aliphatic hydroxyl groups excluding tert-OH is 6. The number of aliphatic hydroxyl groups is 6. The number of rotatable bonds is 8. The van der Waals surface area contributed by atoms with Gasteiger partial charge in [0, 0.05) is 12.1 Å². The van der Waals surface area contributed by atoms with E-state index in [2.05, 4.69) is 20.6 Å². The molecule has 0 unspecified atom stereocenters. The van der Waals surface area contributed by atoms with Crippen LogP contribution >= 0.6 is 0 Å². The van der Waals surface area contributed by atoms with E-state index in [4.69, 9.17) is 20.9 Å². The number of aromatic nitrogens is 4. The Labute approximate surface area is 238 Å². The molecule has 0 aromatic carbocycles. The maximum atomic E-state index is 12.9. The fourth-order valence-corrected chi connectivity index (χ4v) is 5.61. The number of carbonyl (C=O) groups is 2. The van der Waals surface area contributed by atoms with Crippen LogP contribution in [-0.4, -0.2) is 123 Å². The smallest absolute Gasteiger partial charge is 0.273 e. The molecule has 4 heterocycles. The Morgan fingerprint density at radius 3 is 1.40 bits per heavy atom. The lowest BCUT2D eigenvalue weighted by Crippen LogP contribution is -2.44. The average Bonchev–Trinajstić information content (AvgIpc) is 3.70. The molecule has 18 nitrogen and oxygen atoms in total. The summed E-state index contributed by atoms with van der Waals surface area (Å²) in [5.41, 5.74) is 12.0. The maximum absolute atomic E-state index is 12.9. The molecule has 8 atom stereocenters. The quantitative estimate of drug-likeness (QED) is 0.139. The summed E-state index contributed by atoms with van der Waals surface area (Å²) in [6.07, 6.45) is -5.06. The number of nitrogens with two attached hydrogens (primary N) is 2. The van der Waals surface area contributed by atoms with E-state index < -0.39 is 74.1 Å². The van der Waals surface area contributed by atoms with Crippen LogP contribution in [-0.2, 0) is 9.47 Å². The normalized spacial score (nSPS) is 34.9. The zero-order valence-corrected chi connectivity index (χ0v) is 22.4. The molecular formula is C24H36N8O10. The van der Waals surface area contributed by atoms with E-state index in [0.29, 0.717) is 25.7 Å². The molecule has 0 bridgehead atoms. The number of amides is 2. The van der Waals surface area contributed by atoms with Crippen molar-refractivity contribution in [1.29, 1.82) is 0 Å². The van der Waals surface area contributed by atoms with Gasteiger partial charge in [-0.25, -0.2) is 9.97 Å². The third-order valence-electron chi connectivity index (χ3n) is 8.07. The maximum Gasteiger partial charge on any atom is 0.273 e. The second-order valence-electron chi connectivity index (χ2n) is 10.7. The van der Waals surface area contributed by atoms with Crippen molar-refractivity contribution >= 4 is 23.5 Å². The van der Waals surface area contributed by atoms with Crippen molar-refractivity contribution in [2.45, 2.75) is 86.8 Å². The lowest BCUT2D eigenvalue weighted by atomic mass is 9.91. The van der Waals surface area contributed by atoms with Crippen molar-refractivity contribution in [1.82, 2.24) is 29.7 Å². The van der Waals surface area contributed by atoms with E-state index in [0.717, 1.165) is 0 Å². The Hall–Kier alpha value is -3.36. The zero-order chi connectivity index (χ0) is 30.3. The molecule has 2 aliphatic heterocycles. The molecule has 232 valence electrons. The summed E-state index contributed by atoms with van der Waals surface area (Å²) < 4.78 is 13.4. The number of ether oxygens (including phenoxy) is 2. The molecule has 1 saturated carbocycles. The number of nitrogens with one attached hydrogen (secondary N) is 2. The minimum Gasteiger partial charge on any atom is -0.394 e. The third kappa shape index (κ3) is 5.42. The Kier molecular flexibility index (Phi) is 8.67. The predicted molar refractivity (Wildman–Crippen MR) is 140 cm³/mol. The van der Waals surface area contributed by atoms with Gasteiger partial charge in [-0.3, -0.25) is 18.7 Å². The molecule has 3 aliphatic rings. The number of nitrogen functional groups attached to an aromatic ring is 2. The summed E-state index contributed by atoms with van der Waals surface area (Å²) in [6, 6.07) is -0.444. The highest BCUT2D eigenvalue weighted by Gasteiger charge is 2.45. The van der Waals surface area contributed by atoms with Crippen molar-refractivity contribution in [3.8, 4) is 0 Å². The van der Waals surface area contributed by atoms with Crippen molar-refractivity contribution in [3.05, 3.63) is 24.0 Å².